The van der Waals surface area contributed by atoms with E-state index < -0.39 is 10.1 Å². The van der Waals surface area contributed by atoms with Crippen LogP contribution in [0.1, 0.15) is 16.1 Å². The van der Waals surface area contributed by atoms with Crippen molar-refractivity contribution in [2.24, 2.45) is 0 Å². The molecule has 0 saturated carbocycles. The zero-order chi connectivity index (χ0) is 14.5. The highest BCUT2D eigenvalue weighted by atomic mass is 32.2. The van der Waals surface area contributed by atoms with Gasteiger partial charge in [0.1, 0.15) is 0 Å². The van der Waals surface area contributed by atoms with Crippen LogP contribution < -0.4 is 4.90 Å². The summed E-state index contributed by atoms with van der Waals surface area (Å²) in [7, 11) is -4.14. The molecule has 0 aliphatic carbocycles. The van der Waals surface area contributed by atoms with Gasteiger partial charge in [-0.1, -0.05) is 0 Å². The molecule has 0 amide bonds. The second kappa shape index (κ2) is 4.54. The largest absolute Gasteiger partial charge is 0.317 e. The van der Waals surface area contributed by atoms with Crippen LogP contribution in [0.25, 0.3) is 0 Å². The number of aryl methyl sites for hydroxylation is 2. The second-order valence-corrected chi connectivity index (χ2v) is 7.41. The number of nitrogens with zero attached hydrogens (tertiary/aromatic N) is 2. The molecule has 5 nitrogen and oxygen atoms in total. The van der Waals surface area contributed by atoms with Crippen LogP contribution in [-0.4, -0.2) is 24.5 Å². The Kier molecular flexibility index (Phi) is 3.07. The molecule has 0 atom stereocenters. The number of aromatic nitrogens is 1. The molecule has 0 radical (unpaired) electrons. The summed E-state index contributed by atoms with van der Waals surface area (Å²) in [4.78, 5) is 7.76. The molecule has 20 heavy (non-hydrogen) atoms. The predicted octanol–water partition coefficient (Wildman–Crippen LogP) is 2.70. The third-order valence-electron chi connectivity index (χ3n) is 3.49. The van der Waals surface area contributed by atoms with Crippen LogP contribution in [-0.2, 0) is 16.5 Å². The normalized spacial score (nSPS) is 14.7. The quantitative estimate of drug-likeness (QED) is 0.864. The Hall–Kier alpha value is -1.44. The Morgan fingerprint density at radius 3 is 2.70 bits per heavy atom. The minimum absolute atomic E-state index is 0.0513. The Labute approximate surface area is 121 Å². The molecule has 1 aromatic heterocycles. The number of rotatable bonds is 2. The van der Waals surface area contributed by atoms with E-state index in [1.54, 1.807) is 17.4 Å². The maximum absolute atomic E-state index is 11.2. The Morgan fingerprint density at radius 2 is 2.10 bits per heavy atom. The van der Waals surface area contributed by atoms with Crippen molar-refractivity contribution >= 4 is 32.3 Å². The van der Waals surface area contributed by atoms with Crippen molar-refractivity contribution in [2.45, 2.75) is 25.2 Å². The molecule has 1 aromatic carbocycles. The molecule has 1 aliphatic rings. The average molecular weight is 310 g/mol. The van der Waals surface area contributed by atoms with E-state index in [0.29, 0.717) is 0 Å². The van der Waals surface area contributed by atoms with Crippen LogP contribution in [0, 0.1) is 13.8 Å². The number of hydrogen-bond donors (Lipinski definition) is 1. The summed E-state index contributed by atoms with van der Waals surface area (Å²) in [6, 6.07) is 4.70. The van der Waals surface area contributed by atoms with Crippen molar-refractivity contribution in [1.82, 2.24) is 4.98 Å². The van der Waals surface area contributed by atoms with E-state index in [-0.39, 0.29) is 4.90 Å². The molecule has 3 rings (SSSR count). The summed E-state index contributed by atoms with van der Waals surface area (Å²) >= 11 is 1.63. The zero-order valence-corrected chi connectivity index (χ0v) is 12.8. The van der Waals surface area contributed by atoms with E-state index in [1.165, 1.54) is 17.0 Å². The highest BCUT2D eigenvalue weighted by Crippen LogP contribution is 2.38. The fourth-order valence-corrected chi connectivity index (χ4v) is 3.79. The first kappa shape index (κ1) is 13.5. The summed E-state index contributed by atoms with van der Waals surface area (Å²) in [6.45, 7) is 4.79. The number of fused-ring (bicyclic) bond motifs is 1. The van der Waals surface area contributed by atoms with Gasteiger partial charge in [0.25, 0.3) is 10.1 Å². The average Bonchev–Trinajstić information content (AvgIpc) is 2.92. The maximum Gasteiger partial charge on any atom is 0.294 e. The molecule has 1 aliphatic heterocycles. The molecule has 0 unspecified atom stereocenters. The summed E-state index contributed by atoms with van der Waals surface area (Å²) in [5.74, 6) is 0. The third-order valence-corrected chi connectivity index (χ3v) is 5.44. The topological polar surface area (TPSA) is 70.5 Å². The van der Waals surface area contributed by atoms with Crippen LogP contribution >= 0.6 is 11.3 Å². The minimum atomic E-state index is -4.14. The molecule has 2 heterocycles. The lowest BCUT2D eigenvalue weighted by Crippen LogP contribution is -2.12. The summed E-state index contributed by atoms with van der Waals surface area (Å²) < 4.78 is 31.4. The van der Waals surface area contributed by atoms with Gasteiger partial charge in [0.15, 0.2) is 5.13 Å². The minimum Gasteiger partial charge on any atom is -0.317 e. The lowest BCUT2D eigenvalue weighted by atomic mass is 10.2. The molecule has 0 spiro atoms. The van der Waals surface area contributed by atoms with Crippen LogP contribution in [0.4, 0.5) is 10.8 Å². The van der Waals surface area contributed by atoms with E-state index in [1.807, 2.05) is 13.8 Å². The zero-order valence-electron chi connectivity index (χ0n) is 11.1. The SMILES string of the molecule is Cc1nc(N2CCc3cc(S(=O)(=O)O)ccc32)sc1C. The Morgan fingerprint density at radius 1 is 1.35 bits per heavy atom. The van der Waals surface area contributed by atoms with Gasteiger partial charge >= 0.3 is 0 Å². The summed E-state index contributed by atoms with van der Waals surface area (Å²) in [6.07, 6.45) is 0.746. The van der Waals surface area contributed by atoms with Gasteiger partial charge in [-0.2, -0.15) is 8.42 Å². The fraction of sp³-hybridized carbons (Fsp3) is 0.308. The van der Waals surface area contributed by atoms with Crippen molar-refractivity contribution in [2.75, 3.05) is 11.4 Å². The number of anilines is 2. The fourth-order valence-electron chi connectivity index (χ4n) is 2.31. The van der Waals surface area contributed by atoms with Gasteiger partial charge in [0, 0.05) is 17.1 Å². The summed E-state index contributed by atoms with van der Waals surface area (Å²) in [5, 5.41) is 0.929. The summed E-state index contributed by atoms with van der Waals surface area (Å²) in [5.41, 5.74) is 2.91. The molecular weight excluding hydrogens is 296 g/mol. The molecular formula is C13H14N2O3S2. The van der Waals surface area contributed by atoms with Gasteiger partial charge in [-0.15, -0.1) is 11.3 Å². The number of benzene rings is 1. The van der Waals surface area contributed by atoms with Gasteiger partial charge in [-0.25, -0.2) is 4.98 Å². The molecule has 0 saturated heterocycles. The molecule has 0 bridgehead atoms. The Bertz CT molecular complexity index is 761. The Balaban J connectivity index is 2.03. The van der Waals surface area contributed by atoms with Crippen molar-refractivity contribution in [3.63, 3.8) is 0 Å². The van der Waals surface area contributed by atoms with E-state index >= 15 is 0 Å². The van der Waals surface area contributed by atoms with E-state index in [4.69, 9.17) is 4.55 Å². The molecule has 7 heteroatoms. The molecule has 0 fully saturated rings. The molecule has 1 N–H and O–H groups in total. The van der Waals surface area contributed by atoms with Gasteiger partial charge in [0.05, 0.1) is 10.6 Å². The molecule has 2 aromatic rings. The van der Waals surface area contributed by atoms with E-state index in [2.05, 4.69) is 9.88 Å². The van der Waals surface area contributed by atoms with Crippen molar-refractivity contribution < 1.29 is 13.0 Å². The second-order valence-electron chi connectivity index (χ2n) is 4.81. The van der Waals surface area contributed by atoms with E-state index in [0.717, 1.165) is 35.0 Å². The van der Waals surface area contributed by atoms with Crippen LogP contribution in [0.15, 0.2) is 23.1 Å². The van der Waals surface area contributed by atoms with Crippen LogP contribution in [0.3, 0.4) is 0 Å². The first-order valence-corrected chi connectivity index (χ1v) is 8.44. The van der Waals surface area contributed by atoms with Crippen molar-refractivity contribution in [1.29, 1.82) is 0 Å². The monoisotopic (exact) mass is 310 g/mol. The van der Waals surface area contributed by atoms with Crippen LogP contribution in [0.5, 0.6) is 0 Å². The predicted molar refractivity (Wildman–Crippen MR) is 78.6 cm³/mol. The smallest absolute Gasteiger partial charge is 0.294 e. The standard InChI is InChI=1S/C13H14N2O3S2/c1-8-9(2)19-13(14-8)15-6-5-10-7-11(20(16,17)18)3-4-12(10)15/h3-4,7H,5-6H2,1-2H3,(H,16,17,18). The van der Waals surface area contributed by atoms with Crippen molar-refractivity contribution in [3.8, 4) is 0 Å². The number of thiazole rings is 1. The van der Waals surface area contributed by atoms with Crippen molar-refractivity contribution in [3.05, 3.63) is 34.3 Å². The highest BCUT2D eigenvalue weighted by Gasteiger charge is 2.25. The lowest BCUT2D eigenvalue weighted by Gasteiger charge is -2.15. The third kappa shape index (κ3) is 2.21. The van der Waals surface area contributed by atoms with Crippen LogP contribution in [0.2, 0.25) is 0 Å². The van der Waals surface area contributed by atoms with Gasteiger partial charge in [-0.3, -0.25) is 4.55 Å². The number of hydrogen-bond acceptors (Lipinski definition) is 5. The highest BCUT2D eigenvalue weighted by molar-refractivity contribution is 7.85. The van der Waals surface area contributed by atoms with E-state index in [9.17, 15) is 8.42 Å². The van der Waals surface area contributed by atoms with Gasteiger partial charge in [-0.05, 0) is 44.0 Å². The lowest BCUT2D eigenvalue weighted by molar-refractivity contribution is 0.483. The molecule has 106 valence electrons. The van der Waals surface area contributed by atoms with Gasteiger partial charge < -0.3 is 4.90 Å². The van der Waals surface area contributed by atoms with Gasteiger partial charge in [0.2, 0.25) is 0 Å². The first-order valence-electron chi connectivity index (χ1n) is 6.18. The maximum atomic E-state index is 11.2. The first-order chi connectivity index (χ1) is 9.36.